The number of amides is 1. The summed E-state index contributed by atoms with van der Waals surface area (Å²) in [6, 6.07) is -0.704. The minimum atomic E-state index is -3.29. The lowest BCUT2D eigenvalue weighted by Crippen LogP contribution is -2.45. The molecular weight excluding hydrogens is 192 g/mol. The highest BCUT2D eigenvalue weighted by atomic mass is 32.2. The van der Waals surface area contributed by atoms with Gasteiger partial charge in [-0.2, -0.15) is 0 Å². The fourth-order valence-corrected chi connectivity index (χ4v) is 1.55. The molecule has 2 N–H and O–H groups in total. The Morgan fingerprint density at radius 3 is 2.31 bits per heavy atom. The van der Waals surface area contributed by atoms with Crippen LogP contribution >= 0.6 is 0 Å². The number of hydrogen-bond donors (Lipinski definition) is 2. The Bertz CT molecular complexity index is 261. The van der Waals surface area contributed by atoms with Crippen LogP contribution in [0.15, 0.2) is 0 Å². The van der Waals surface area contributed by atoms with Crippen LogP contribution in [0.1, 0.15) is 20.8 Å². The predicted octanol–water partition coefficient (Wildman–Crippen LogP) is -0.550. The third-order valence-electron chi connectivity index (χ3n) is 1.48. The molecule has 0 saturated heterocycles. The Morgan fingerprint density at radius 2 is 1.92 bits per heavy atom. The van der Waals surface area contributed by atoms with Gasteiger partial charge in [-0.3, -0.25) is 4.79 Å². The normalized spacial score (nSPS) is 13.8. The maximum Gasteiger partial charge on any atom is 0.237 e. The molecule has 0 fully saturated rings. The smallest absolute Gasteiger partial charge is 0.237 e. The summed E-state index contributed by atoms with van der Waals surface area (Å²) in [5.41, 5.74) is 0. The van der Waals surface area contributed by atoms with Crippen LogP contribution in [0.3, 0.4) is 0 Å². The van der Waals surface area contributed by atoms with Crippen LogP contribution < -0.4 is 10.0 Å². The molecule has 6 heteroatoms. The van der Waals surface area contributed by atoms with Gasteiger partial charge < -0.3 is 5.32 Å². The van der Waals surface area contributed by atoms with E-state index in [0.29, 0.717) is 6.54 Å². The van der Waals surface area contributed by atoms with Crippen molar-refractivity contribution >= 4 is 15.9 Å². The molecule has 5 nitrogen and oxygen atoms in total. The van der Waals surface area contributed by atoms with Gasteiger partial charge >= 0.3 is 0 Å². The molecule has 0 aliphatic carbocycles. The molecule has 0 aromatic carbocycles. The molecule has 0 aromatic heterocycles. The van der Waals surface area contributed by atoms with Gasteiger partial charge in [-0.15, -0.1) is 0 Å². The predicted molar refractivity (Wildman–Crippen MR) is 50.7 cm³/mol. The van der Waals surface area contributed by atoms with Gasteiger partial charge in [-0.25, -0.2) is 13.1 Å². The first-order valence-electron chi connectivity index (χ1n) is 4.20. The average molecular weight is 208 g/mol. The number of sulfonamides is 1. The fraction of sp³-hybridized carbons (Fsp3) is 0.857. The molecule has 0 radical (unpaired) electrons. The third-order valence-corrected chi connectivity index (χ3v) is 2.95. The van der Waals surface area contributed by atoms with E-state index in [1.165, 1.54) is 13.8 Å². The van der Waals surface area contributed by atoms with Crippen molar-refractivity contribution < 1.29 is 13.2 Å². The Morgan fingerprint density at radius 1 is 1.38 bits per heavy atom. The van der Waals surface area contributed by atoms with E-state index in [1.807, 2.05) is 0 Å². The number of likely N-dealkylation sites (N-methyl/N-ethyl adjacent to an activating group) is 1. The summed E-state index contributed by atoms with van der Waals surface area (Å²) in [5.74, 6) is -0.323. The number of carbonyl (C=O) groups is 1. The van der Waals surface area contributed by atoms with Crippen LogP contribution in [0, 0.1) is 0 Å². The summed E-state index contributed by atoms with van der Waals surface area (Å²) in [4.78, 5) is 11.1. The van der Waals surface area contributed by atoms with Gasteiger partial charge in [0.25, 0.3) is 0 Å². The summed E-state index contributed by atoms with van der Waals surface area (Å²) in [6.07, 6.45) is 0. The second-order valence-corrected chi connectivity index (χ2v) is 4.68. The van der Waals surface area contributed by atoms with Gasteiger partial charge in [0.15, 0.2) is 0 Å². The van der Waals surface area contributed by atoms with Crippen molar-refractivity contribution in [2.75, 3.05) is 12.3 Å². The molecule has 0 heterocycles. The van der Waals surface area contributed by atoms with Crippen LogP contribution in [0.2, 0.25) is 0 Å². The molecule has 0 rings (SSSR count). The van der Waals surface area contributed by atoms with Crippen LogP contribution in [0.4, 0.5) is 0 Å². The van der Waals surface area contributed by atoms with E-state index in [0.717, 1.165) is 0 Å². The highest BCUT2D eigenvalue weighted by Crippen LogP contribution is 1.88. The Labute approximate surface area is 79.0 Å². The van der Waals surface area contributed by atoms with Crippen molar-refractivity contribution in [3.05, 3.63) is 0 Å². The summed E-state index contributed by atoms with van der Waals surface area (Å²) in [7, 11) is -3.29. The van der Waals surface area contributed by atoms with E-state index in [9.17, 15) is 13.2 Å². The third kappa shape index (κ3) is 4.84. The average Bonchev–Trinajstić information content (AvgIpc) is 2.04. The van der Waals surface area contributed by atoms with Crippen LogP contribution in [0.25, 0.3) is 0 Å². The summed E-state index contributed by atoms with van der Waals surface area (Å²) < 4.78 is 24.3. The number of carbonyl (C=O) groups excluding carboxylic acids is 1. The number of hydrogen-bond acceptors (Lipinski definition) is 3. The molecule has 13 heavy (non-hydrogen) atoms. The lowest BCUT2D eigenvalue weighted by molar-refractivity contribution is -0.122. The second kappa shape index (κ2) is 5.18. The zero-order valence-corrected chi connectivity index (χ0v) is 8.94. The Balaban J connectivity index is 4.15. The van der Waals surface area contributed by atoms with Crippen molar-refractivity contribution in [3.8, 4) is 0 Å². The van der Waals surface area contributed by atoms with Crippen molar-refractivity contribution in [3.63, 3.8) is 0 Å². The van der Waals surface area contributed by atoms with Crippen LogP contribution in [-0.4, -0.2) is 32.7 Å². The fourth-order valence-electron chi connectivity index (χ4n) is 0.734. The maximum atomic E-state index is 11.1. The first-order chi connectivity index (χ1) is 5.93. The first-order valence-corrected chi connectivity index (χ1v) is 5.85. The molecule has 78 valence electrons. The minimum Gasteiger partial charge on any atom is -0.355 e. The highest BCUT2D eigenvalue weighted by Gasteiger charge is 2.17. The van der Waals surface area contributed by atoms with Gasteiger partial charge in [-0.05, 0) is 20.8 Å². The number of rotatable bonds is 5. The topological polar surface area (TPSA) is 75.3 Å². The molecule has 0 aliphatic rings. The molecule has 0 aliphatic heterocycles. The van der Waals surface area contributed by atoms with Crippen LogP contribution in [-0.2, 0) is 14.8 Å². The lowest BCUT2D eigenvalue weighted by atomic mass is 10.3. The molecule has 1 unspecified atom stereocenters. The Kier molecular flexibility index (Phi) is 4.94. The van der Waals surface area contributed by atoms with Gasteiger partial charge in [0, 0.05) is 6.54 Å². The monoisotopic (exact) mass is 208 g/mol. The summed E-state index contributed by atoms with van der Waals surface area (Å²) in [5, 5.41) is 2.53. The molecule has 1 amide bonds. The molecule has 0 bridgehead atoms. The summed E-state index contributed by atoms with van der Waals surface area (Å²) in [6.45, 7) is 5.31. The quantitative estimate of drug-likeness (QED) is 0.636. The molecule has 0 saturated carbocycles. The standard InChI is InChI=1S/C7H16N2O3S/c1-4-8-7(10)6(3)9-13(11,12)5-2/h6,9H,4-5H2,1-3H3,(H,8,10). The van der Waals surface area contributed by atoms with Crippen molar-refractivity contribution in [2.24, 2.45) is 0 Å². The van der Waals surface area contributed by atoms with Crippen molar-refractivity contribution in [1.82, 2.24) is 10.0 Å². The zero-order valence-electron chi connectivity index (χ0n) is 8.12. The largest absolute Gasteiger partial charge is 0.355 e. The molecular formula is C7H16N2O3S. The lowest BCUT2D eigenvalue weighted by Gasteiger charge is -2.12. The molecule has 0 aromatic rings. The summed E-state index contributed by atoms with van der Waals surface area (Å²) >= 11 is 0. The van der Waals surface area contributed by atoms with E-state index in [1.54, 1.807) is 6.92 Å². The SMILES string of the molecule is CCNC(=O)C(C)NS(=O)(=O)CC. The van der Waals surface area contributed by atoms with E-state index >= 15 is 0 Å². The van der Waals surface area contributed by atoms with Crippen molar-refractivity contribution in [1.29, 1.82) is 0 Å². The minimum absolute atomic E-state index is 0.0171. The van der Waals surface area contributed by atoms with E-state index in [-0.39, 0.29) is 11.7 Å². The first kappa shape index (κ1) is 12.4. The van der Waals surface area contributed by atoms with E-state index in [4.69, 9.17) is 0 Å². The van der Waals surface area contributed by atoms with Gasteiger partial charge in [0.1, 0.15) is 0 Å². The maximum absolute atomic E-state index is 11.1. The van der Waals surface area contributed by atoms with Crippen molar-refractivity contribution in [2.45, 2.75) is 26.8 Å². The second-order valence-electron chi connectivity index (χ2n) is 2.64. The number of nitrogens with one attached hydrogen (secondary N) is 2. The van der Waals surface area contributed by atoms with E-state index in [2.05, 4.69) is 10.0 Å². The zero-order chi connectivity index (χ0) is 10.5. The molecule has 1 atom stereocenters. The molecule has 0 spiro atoms. The van der Waals surface area contributed by atoms with Gasteiger partial charge in [-0.1, -0.05) is 0 Å². The van der Waals surface area contributed by atoms with Gasteiger partial charge in [0.2, 0.25) is 15.9 Å². The highest BCUT2D eigenvalue weighted by molar-refractivity contribution is 7.89. The van der Waals surface area contributed by atoms with E-state index < -0.39 is 16.1 Å². The van der Waals surface area contributed by atoms with Gasteiger partial charge in [0.05, 0.1) is 11.8 Å². The Hall–Kier alpha value is -0.620. The van der Waals surface area contributed by atoms with Crippen LogP contribution in [0.5, 0.6) is 0 Å².